The van der Waals surface area contributed by atoms with Gasteiger partial charge in [-0.25, -0.2) is 0 Å². The van der Waals surface area contributed by atoms with E-state index in [4.69, 9.17) is 5.11 Å². The van der Waals surface area contributed by atoms with Crippen molar-refractivity contribution in [3.63, 3.8) is 0 Å². The fraction of sp³-hybridized carbons (Fsp3) is 0.588. The third kappa shape index (κ3) is 16.7. The van der Waals surface area contributed by atoms with Gasteiger partial charge in [-0.1, -0.05) is 56.2 Å². The minimum atomic E-state index is -0.705. The molecule has 108 valence electrons. The molecule has 0 unspecified atom stereocenters. The maximum atomic E-state index is 10.3. The summed E-state index contributed by atoms with van der Waals surface area (Å²) < 4.78 is 0. The minimum absolute atomic E-state index is 0.272. The molecule has 0 saturated carbocycles. The smallest absolute Gasteiger partial charge is 0.303 e. The lowest BCUT2D eigenvalue weighted by molar-refractivity contribution is -0.137. The van der Waals surface area contributed by atoms with Crippen molar-refractivity contribution in [2.24, 2.45) is 0 Å². The van der Waals surface area contributed by atoms with Gasteiger partial charge in [0.05, 0.1) is 0 Å². The van der Waals surface area contributed by atoms with Gasteiger partial charge in [-0.3, -0.25) is 4.79 Å². The molecule has 0 saturated heterocycles. The summed E-state index contributed by atoms with van der Waals surface area (Å²) in [7, 11) is 0. The molecule has 1 N–H and O–H groups in total. The average Bonchev–Trinajstić information content (AvgIpc) is 2.39. The molecule has 0 aliphatic rings. The van der Waals surface area contributed by atoms with Gasteiger partial charge in [-0.2, -0.15) is 0 Å². The lowest BCUT2D eigenvalue weighted by Crippen LogP contribution is -1.92. The van der Waals surface area contributed by atoms with Crippen LogP contribution >= 0.6 is 0 Å². The number of hydrogen-bond acceptors (Lipinski definition) is 1. The fourth-order valence-electron chi connectivity index (χ4n) is 1.63. The second kappa shape index (κ2) is 14.7. The van der Waals surface area contributed by atoms with Crippen LogP contribution in [-0.4, -0.2) is 11.1 Å². The minimum Gasteiger partial charge on any atom is -0.481 e. The van der Waals surface area contributed by atoms with Crippen molar-refractivity contribution >= 4 is 5.97 Å². The van der Waals surface area contributed by atoms with Crippen LogP contribution in [0.4, 0.5) is 0 Å². The molecule has 0 aromatic carbocycles. The predicted octanol–water partition coefficient (Wildman–Crippen LogP) is 5.27. The van der Waals surface area contributed by atoms with Crippen molar-refractivity contribution < 1.29 is 9.90 Å². The highest BCUT2D eigenvalue weighted by molar-refractivity contribution is 5.66. The van der Waals surface area contributed by atoms with Crippen LogP contribution in [0.3, 0.4) is 0 Å². The third-order valence-corrected chi connectivity index (χ3v) is 2.76. The van der Waals surface area contributed by atoms with Crippen LogP contribution in [0.25, 0.3) is 0 Å². The van der Waals surface area contributed by atoms with Crippen LogP contribution in [-0.2, 0) is 4.79 Å². The molecular formula is C17H28O2. The van der Waals surface area contributed by atoms with Crippen LogP contribution in [0.15, 0.2) is 36.5 Å². The predicted molar refractivity (Wildman–Crippen MR) is 82.3 cm³/mol. The first kappa shape index (κ1) is 17.7. The highest BCUT2D eigenvalue weighted by Gasteiger charge is 1.92. The molecule has 19 heavy (non-hydrogen) atoms. The van der Waals surface area contributed by atoms with E-state index in [-0.39, 0.29) is 6.42 Å². The van der Waals surface area contributed by atoms with Crippen LogP contribution in [0.1, 0.15) is 64.7 Å². The van der Waals surface area contributed by atoms with E-state index in [2.05, 4.69) is 43.4 Å². The molecule has 0 aliphatic heterocycles. The zero-order valence-electron chi connectivity index (χ0n) is 12.2. The van der Waals surface area contributed by atoms with E-state index in [0.717, 1.165) is 32.1 Å². The van der Waals surface area contributed by atoms with E-state index in [1.807, 2.05) is 0 Å². The van der Waals surface area contributed by atoms with Crippen molar-refractivity contribution in [3.8, 4) is 0 Å². The molecule has 0 aliphatic carbocycles. The number of carboxylic acids is 1. The van der Waals surface area contributed by atoms with Crippen molar-refractivity contribution in [3.05, 3.63) is 36.5 Å². The summed E-state index contributed by atoms with van der Waals surface area (Å²) in [6.45, 7) is 2.21. The normalized spacial score (nSPS) is 12.1. The summed E-state index contributed by atoms with van der Waals surface area (Å²) in [6, 6.07) is 0. The first-order valence-corrected chi connectivity index (χ1v) is 7.44. The molecule has 0 spiro atoms. The Morgan fingerprint density at radius 1 is 0.842 bits per heavy atom. The summed E-state index contributed by atoms with van der Waals surface area (Å²) in [4.78, 5) is 10.3. The molecule has 0 aromatic heterocycles. The quantitative estimate of drug-likeness (QED) is 0.385. The summed E-state index contributed by atoms with van der Waals surface area (Å²) in [5.74, 6) is -0.705. The molecule has 0 heterocycles. The van der Waals surface area contributed by atoms with Gasteiger partial charge in [-0.05, 0) is 38.5 Å². The van der Waals surface area contributed by atoms with Crippen LogP contribution in [0.2, 0.25) is 0 Å². The molecule has 0 bridgehead atoms. The highest BCUT2D eigenvalue weighted by Crippen LogP contribution is 2.01. The number of carboxylic acid groups (broad SMARTS) is 1. The molecule has 0 aromatic rings. The van der Waals surface area contributed by atoms with Gasteiger partial charge >= 0.3 is 5.97 Å². The largest absolute Gasteiger partial charge is 0.481 e. The number of carbonyl (C=O) groups is 1. The molecule has 0 atom stereocenters. The zero-order valence-corrected chi connectivity index (χ0v) is 12.2. The van der Waals surface area contributed by atoms with Gasteiger partial charge in [0.25, 0.3) is 0 Å². The van der Waals surface area contributed by atoms with E-state index in [1.54, 1.807) is 0 Å². The summed E-state index contributed by atoms with van der Waals surface area (Å²) in [5.41, 5.74) is 0. The van der Waals surface area contributed by atoms with Crippen molar-refractivity contribution in [1.29, 1.82) is 0 Å². The molecule has 0 rings (SSSR count). The molecule has 0 fully saturated rings. The molecular weight excluding hydrogens is 236 g/mol. The second-order valence-corrected chi connectivity index (χ2v) is 4.66. The molecule has 2 heteroatoms. The highest BCUT2D eigenvalue weighted by atomic mass is 16.4. The summed E-state index contributed by atoms with van der Waals surface area (Å²) >= 11 is 0. The van der Waals surface area contributed by atoms with Gasteiger partial charge in [0.1, 0.15) is 0 Å². The Kier molecular flexibility index (Phi) is 13.7. The van der Waals surface area contributed by atoms with E-state index in [9.17, 15) is 4.79 Å². The van der Waals surface area contributed by atoms with Gasteiger partial charge < -0.3 is 5.11 Å². The van der Waals surface area contributed by atoms with E-state index in [1.165, 1.54) is 19.3 Å². The number of unbranched alkanes of at least 4 members (excludes halogenated alkanes) is 4. The second-order valence-electron chi connectivity index (χ2n) is 4.66. The Balaban J connectivity index is 3.31. The van der Waals surface area contributed by atoms with Crippen LogP contribution < -0.4 is 0 Å². The van der Waals surface area contributed by atoms with Crippen molar-refractivity contribution in [2.45, 2.75) is 64.7 Å². The Bertz CT molecular complexity index is 288. The standard InChI is InChI=1S/C17H28O2/c1-2-3-4-5-6-7-8-9-10-11-12-13-14-15-16-17(18)19/h5-6,8-9,12-13H,2-4,7,10-11,14-16H2,1H3,(H,18,19). The summed E-state index contributed by atoms with van der Waals surface area (Å²) in [6.07, 6.45) is 21.9. The number of rotatable bonds is 12. The van der Waals surface area contributed by atoms with E-state index >= 15 is 0 Å². The van der Waals surface area contributed by atoms with Crippen molar-refractivity contribution in [1.82, 2.24) is 0 Å². The lowest BCUT2D eigenvalue weighted by Gasteiger charge is -1.91. The number of allylic oxidation sites excluding steroid dienone is 6. The molecule has 0 amide bonds. The van der Waals surface area contributed by atoms with Gasteiger partial charge in [0, 0.05) is 6.42 Å². The monoisotopic (exact) mass is 264 g/mol. The Hall–Kier alpha value is -1.31. The first-order valence-electron chi connectivity index (χ1n) is 7.44. The maximum Gasteiger partial charge on any atom is 0.303 e. The summed E-state index contributed by atoms with van der Waals surface area (Å²) in [5, 5.41) is 8.47. The fourth-order valence-corrected chi connectivity index (χ4v) is 1.63. The van der Waals surface area contributed by atoms with E-state index < -0.39 is 5.97 Å². The Morgan fingerprint density at radius 3 is 2.00 bits per heavy atom. The van der Waals surface area contributed by atoms with Crippen LogP contribution in [0.5, 0.6) is 0 Å². The number of hydrogen-bond donors (Lipinski definition) is 1. The number of aliphatic carboxylic acids is 1. The van der Waals surface area contributed by atoms with Gasteiger partial charge in [0.2, 0.25) is 0 Å². The first-order chi connectivity index (χ1) is 9.27. The van der Waals surface area contributed by atoms with E-state index in [0.29, 0.717) is 0 Å². The SMILES string of the molecule is CCCCC=CCC=CCCC=CCCCC(=O)O. The van der Waals surface area contributed by atoms with Crippen molar-refractivity contribution in [2.75, 3.05) is 0 Å². The van der Waals surface area contributed by atoms with Gasteiger partial charge in [0.15, 0.2) is 0 Å². The topological polar surface area (TPSA) is 37.3 Å². The lowest BCUT2D eigenvalue weighted by atomic mass is 10.2. The average molecular weight is 264 g/mol. The van der Waals surface area contributed by atoms with Gasteiger partial charge in [-0.15, -0.1) is 0 Å². The third-order valence-electron chi connectivity index (χ3n) is 2.76. The Morgan fingerprint density at radius 2 is 1.37 bits per heavy atom. The molecule has 2 nitrogen and oxygen atoms in total. The molecule has 0 radical (unpaired) electrons. The Labute approximate surface area is 117 Å². The van der Waals surface area contributed by atoms with Crippen LogP contribution in [0, 0.1) is 0 Å². The maximum absolute atomic E-state index is 10.3. The zero-order chi connectivity index (χ0) is 14.2.